The maximum Gasteiger partial charge on any atom is 0.330 e. The molecule has 3 heterocycles. The number of rotatable bonds is 20. The highest BCUT2D eigenvalue weighted by molar-refractivity contribution is 5.83. The first-order valence-electron chi connectivity index (χ1n) is 22.8. The van der Waals surface area contributed by atoms with Gasteiger partial charge in [0.2, 0.25) is 5.79 Å². The summed E-state index contributed by atoms with van der Waals surface area (Å²) in [5.74, 6) is -3.57. The number of allylic oxidation sites excluding steroid dienone is 1. The number of unbranched alkanes of at least 4 members (excludes halogenated alkanes) is 1. The molecule has 61 heavy (non-hydrogen) atoms. The van der Waals surface area contributed by atoms with E-state index in [1.165, 1.54) is 32.6 Å². The Morgan fingerprint density at radius 1 is 1.00 bits per heavy atom. The summed E-state index contributed by atoms with van der Waals surface area (Å²) in [6.07, 6.45) is 8.31. The number of methoxy groups -OCH3 is 1. The van der Waals surface area contributed by atoms with Crippen molar-refractivity contribution >= 4 is 24.2 Å². The van der Waals surface area contributed by atoms with Crippen LogP contribution in [0.2, 0.25) is 0 Å². The summed E-state index contributed by atoms with van der Waals surface area (Å²) in [5, 5.41) is 23.5. The number of esters is 3. The fraction of sp³-hybridized carbons (Fsp3) is 0.830. The Morgan fingerprint density at radius 2 is 1.74 bits per heavy atom. The van der Waals surface area contributed by atoms with E-state index in [1.54, 1.807) is 20.8 Å². The first-order valence-corrected chi connectivity index (χ1v) is 22.8. The van der Waals surface area contributed by atoms with Crippen molar-refractivity contribution in [3.63, 3.8) is 0 Å². The zero-order valence-corrected chi connectivity index (χ0v) is 38.3. The van der Waals surface area contributed by atoms with E-state index in [4.69, 9.17) is 37.9 Å². The molecule has 0 amide bonds. The van der Waals surface area contributed by atoms with Gasteiger partial charge in [0, 0.05) is 50.2 Å². The van der Waals surface area contributed by atoms with E-state index in [2.05, 4.69) is 20.8 Å². The van der Waals surface area contributed by atoms with Gasteiger partial charge in [-0.05, 0) is 81.8 Å². The molecule has 2 N–H and O–H groups in total. The van der Waals surface area contributed by atoms with Crippen LogP contribution in [0, 0.1) is 23.2 Å². The Morgan fingerprint density at radius 3 is 2.41 bits per heavy atom. The van der Waals surface area contributed by atoms with E-state index < -0.39 is 65.4 Å². The van der Waals surface area contributed by atoms with Gasteiger partial charge in [-0.2, -0.15) is 0 Å². The molecule has 0 aromatic carbocycles. The summed E-state index contributed by atoms with van der Waals surface area (Å²) in [6, 6.07) is 0. The van der Waals surface area contributed by atoms with Gasteiger partial charge in [-0.1, -0.05) is 60.5 Å². The van der Waals surface area contributed by atoms with Gasteiger partial charge >= 0.3 is 17.9 Å². The molecule has 0 bridgehead atoms. The van der Waals surface area contributed by atoms with Crippen molar-refractivity contribution < 1.29 is 67.3 Å². The molecule has 0 aromatic heterocycles. The van der Waals surface area contributed by atoms with E-state index in [-0.39, 0.29) is 49.6 Å². The van der Waals surface area contributed by atoms with Gasteiger partial charge in [-0.3, -0.25) is 14.4 Å². The van der Waals surface area contributed by atoms with Crippen molar-refractivity contribution in [3.8, 4) is 0 Å². The fourth-order valence-electron chi connectivity index (χ4n) is 9.67. The van der Waals surface area contributed by atoms with Crippen molar-refractivity contribution in [1.29, 1.82) is 0 Å². The Kier molecular flexibility index (Phi) is 19.4. The predicted octanol–water partition coefficient (Wildman–Crippen LogP) is 6.85. The van der Waals surface area contributed by atoms with Gasteiger partial charge in [0.1, 0.15) is 12.4 Å². The lowest BCUT2D eigenvalue weighted by Gasteiger charge is -2.51. The van der Waals surface area contributed by atoms with Crippen LogP contribution in [0.3, 0.4) is 0 Å². The number of hydrogen-bond acceptors (Lipinski definition) is 14. The smallest absolute Gasteiger partial charge is 0.330 e. The molecule has 4 fully saturated rings. The van der Waals surface area contributed by atoms with Crippen molar-refractivity contribution in [3.05, 3.63) is 23.8 Å². The normalized spacial score (nSPS) is 33.3. The number of aldehydes is 1. The fourth-order valence-corrected chi connectivity index (χ4v) is 9.67. The first-order chi connectivity index (χ1) is 28.8. The van der Waals surface area contributed by atoms with Crippen molar-refractivity contribution in [2.75, 3.05) is 20.3 Å². The number of carbonyl (C=O) groups excluding carboxylic acids is 4. The van der Waals surface area contributed by atoms with Crippen LogP contribution in [0.15, 0.2) is 23.8 Å². The van der Waals surface area contributed by atoms with Gasteiger partial charge < -0.3 is 48.1 Å². The molecule has 1 unspecified atom stereocenters. The highest BCUT2D eigenvalue weighted by atomic mass is 16.7. The first kappa shape index (κ1) is 50.9. The third-order valence-corrected chi connectivity index (χ3v) is 13.0. The summed E-state index contributed by atoms with van der Waals surface area (Å²) in [6.45, 7) is 16.1. The second-order valence-electron chi connectivity index (χ2n) is 18.8. The highest BCUT2D eigenvalue weighted by Gasteiger charge is 2.57. The molecule has 0 aromatic rings. The third-order valence-electron chi connectivity index (χ3n) is 13.0. The van der Waals surface area contributed by atoms with Gasteiger partial charge in [0.15, 0.2) is 11.9 Å². The Labute approximate surface area is 363 Å². The molecule has 1 aliphatic carbocycles. The van der Waals surface area contributed by atoms with E-state index >= 15 is 0 Å². The van der Waals surface area contributed by atoms with Gasteiger partial charge in [0.25, 0.3) is 0 Å². The average molecular weight is 865 g/mol. The quantitative estimate of drug-likeness (QED) is 0.0426. The number of hydrogen-bond donors (Lipinski definition) is 2. The second kappa shape index (κ2) is 23.3. The molecular weight excluding hydrogens is 789 g/mol. The molecule has 3 saturated heterocycles. The standard InChI is InChI=1S/C47H76O14/c1-10-11-21-55-32(5)41(28-39-23-34(24-42(51)54-9)44(57-33(6)49)47(53,61-39)45(7,8)19-13-20-48)59-43(52)26-35(50)25-36-14-12-15-37(58-36)27-38-18-22-56-46(60-38)29-31(4)16-17-40(46)30(2)3/h13,19-20,24,30-32,35-41,44,50,53H,10-12,14-18,21-23,25-29H2,1-9H3/b19-13+,34-24+/t31-,32-,35-,36?,37-,38+,39+,40+,41-,44+,46+,47-/m1/s1. The number of aliphatic hydroxyl groups excluding tert-OH is 1. The topological polar surface area (TPSA) is 183 Å². The van der Waals surface area contributed by atoms with Crippen molar-refractivity contribution in [1.82, 2.24) is 0 Å². The van der Waals surface area contributed by atoms with E-state index in [0.29, 0.717) is 37.3 Å². The molecule has 14 heteroatoms. The zero-order chi connectivity index (χ0) is 45.0. The Bertz CT molecular complexity index is 1490. The molecule has 1 saturated carbocycles. The number of carbonyl (C=O) groups is 4. The number of aliphatic hydroxyl groups is 2. The highest BCUT2D eigenvalue weighted by Crippen LogP contribution is 2.48. The minimum Gasteiger partial charge on any atom is -0.466 e. The van der Waals surface area contributed by atoms with E-state index in [0.717, 1.165) is 63.9 Å². The maximum absolute atomic E-state index is 13.6. The van der Waals surface area contributed by atoms with Gasteiger partial charge in [-0.25, -0.2) is 4.79 Å². The number of ether oxygens (including phenoxy) is 8. The van der Waals surface area contributed by atoms with Crippen molar-refractivity contribution in [2.45, 2.75) is 206 Å². The molecule has 4 rings (SSSR count). The third kappa shape index (κ3) is 14.1. The summed E-state index contributed by atoms with van der Waals surface area (Å²) in [4.78, 5) is 49.8. The van der Waals surface area contributed by atoms with Crippen LogP contribution in [0.4, 0.5) is 0 Å². The minimum atomic E-state index is -2.28. The van der Waals surface area contributed by atoms with Crippen LogP contribution < -0.4 is 0 Å². The summed E-state index contributed by atoms with van der Waals surface area (Å²) in [7, 11) is 1.20. The largest absolute Gasteiger partial charge is 0.466 e. The second-order valence-corrected chi connectivity index (χ2v) is 18.8. The molecule has 14 nitrogen and oxygen atoms in total. The van der Waals surface area contributed by atoms with Crippen LogP contribution in [-0.4, -0.2) is 115 Å². The molecule has 1 spiro atoms. The molecule has 0 radical (unpaired) electrons. The SMILES string of the molecule is CCCCO[C@H](C)[C@@H](C[C@@H]1C/C(=C\C(=O)OC)[C@H](OC(C)=O)[C@](O)(C(C)(C)/C=C/C=O)O1)OC(=O)C[C@H](O)CC1CCC[C@H](C[C@@H]2CCO[C@@]3(C[C@H](C)CC[C@H]3C(C)C)O2)O1. The Hall–Kier alpha value is -2.72. The molecule has 12 atom stereocenters. The monoisotopic (exact) mass is 865 g/mol. The van der Waals surface area contributed by atoms with Crippen LogP contribution >= 0.6 is 0 Å². The summed E-state index contributed by atoms with van der Waals surface area (Å²) >= 11 is 0. The summed E-state index contributed by atoms with van der Waals surface area (Å²) < 4.78 is 48.8. The molecular formula is C47H76O14. The van der Waals surface area contributed by atoms with Crippen LogP contribution in [0.25, 0.3) is 0 Å². The van der Waals surface area contributed by atoms with Crippen LogP contribution in [0.5, 0.6) is 0 Å². The lowest BCUT2D eigenvalue weighted by atomic mass is 9.72. The predicted molar refractivity (Wildman–Crippen MR) is 226 cm³/mol. The van der Waals surface area contributed by atoms with Crippen LogP contribution in [-0.2, 0) is 57.1 Å². The van der Waals surface area contributed by atoms with Gasteiger partial charge in [0.05, 0.1) is 56.8 Å². The average Bonchev–Trinajstić information content (AvgIpc) is 3.18. The molecule has 3 aliphatic heterocycles. The van der Waals surface area contributed by atoms with E-state index in [9.17, 15) is 29.4 Å². The van der Waals surface area contributed by atoms with Crippen molar-refractivity contribution in [2.24, 2.45) is 23.2 Å². The molecule has 348 valence electrons. The van der Waals surface area contributed by atoms with E-state index in [1.807, 2.05) is 6.92 Å². The maximum atomic E-state index is 13.6. The zero-order valence-electron chi connectivity index (χ0n) is 38.3. The lowest BCUT2D eigenvalue weighted by molar-refractivity contribution is -0.342. The molecule has 4 aliphatic rings. The van der Waals surface area contributed by atoms with Crippen LogP contribution in [0.1, 0.15) is 145 Å². The lowest BCUT2D eigenvalue weighted by Crippen LogP contribution is -2.62. The summed E-state index contributed by atoms with van der Waals surface area (Å²) in [5.41, 5.74) is -1.13. The van der Waals surface area contributed by atoms with Gasteiger partial charge in [-0.15, -0.1) is 0 Å². The Balaban J connectivity index is 1.44. The minimum absolute atomic E-state index is 0.00128.